The number of nitrogens with two attached hydrogens (primary N) is 1. The summed E-state index contributed by atoms with van der Waals surface area (Å²) in [4.78, 5) is -0.316. The molecule has 106 valence electrons. The van der Waals surface area contributed by atoms with Crippen molar-refractivity contribution in [2.45, 2.75) is 4.90 Å². The van der Waals surface area contributed by atoms with E-state index in [1.165, 1.54) is 24.3 Å². The summed E-state index contributed by atoms with van der Waals surface area (Å²) >= 11 is 0. The lowest BCUT2D eigenvalue weighted by molar-refractivity contribution is 0.498. The molecule has 0 aliphatic rings. The molecule has 0 atom stereocenters. The predicted octanol–water partition coefficient (Wildman–Crippen LogP) is 2.49. The van der Waals surface area contributed by atoms with Gasteiger partial charge in [0.25, 0.3) is 10.0 Å². The van der Waals surface area contributed by atoms with Crippen molar-refractivity contribution < 1.29 is 21.6 Å². The summed E-state index contributed by atoms with van der Waals surface area (Å²) in [7, 11) is -4.25. The first-order chi connectivity index (χ1) is 9.31. The van der Waals surface area contributed by atoms with Crippen molar-refractivity contribution in [2.24, 2.45) is 0 Å². The van der Waals surface area contributed by atoms with Gasteiger partial charge in [-0.15, -0.1) is 0 Å². The van der Waals surface area contributed by atoms with Gasteiger partial charge in [-0.1, -0.05) is 12.1 Å². The van der Waals surface area contributed by atoms with Crippen molar-refractivity contribution in [3.8, 4) is 0 Å². The fraction of sp³-hybridized carbons (Fsp3) is 0. The lowest BCUT2D eigenvalue weighted by Gasteiger charge is -2.11. The Hall–Kier alpha value is -2.22. The second-order valence-corrected chi connectivity index (χ2v) is 5.54. The number of nitrogens with one attached hydrogen (secondary N) is 1. The van der Waals surface area contributed by atoms with Crippen LogP contribution < -0.4 is 10.5 Å². The van der Waals surface area contributed by atoms with E-state index in [1.54, 1.807) is 4.72 Å². The maximum atomic E-state index is 13.4. The van der Waals surface area contributed by atoms with Crippen LogP contribution in [-0.2, 0) is 10.0 Å². The second kappa shape index (κ2) is 5.04. The molecule has 3 N–H and O–H groups in total. The molecule has 0 aromatic heterocycles. The summed E-state index contributed by atoms with van der Waals surface area (Å²) < 4.78 is 65.2. The van der Waals surface area contributed by atoms with Crippen LogP contribution in [0.4, 0.5) is 24.5 Å². The van der Waals surface area contributed by atoms with E-state index in [-0.39, 0.29) is 10.6 Å². The number of nitrogen functional groups attached to an aromatic ring is 1. The number of anilines is 2. The minimum Gasteiger partial charge on any atom is -0.398 e. The molecular formula is C12H9F3N2O2S. The molecule has 0 fully saturated rings. The number of rotatable bonds is 3. The van der Waals surface area contributed by atoms with Crippen LogP contribution in [0.2, 0.25) is 0 Å². The minimum atomic E-state index is -4.25. The second-order valence-electron chi connectivity index (χ2n) is 3.89. The van der Waals surface area contributed by atoms with Crippen LogP contribution >= 0.6 is 0 Å². The first-order valence-corrected chi connectivity index (χ1v) is 6.81. The van der Waals surface area contributed by atoms with Crippen LogP contribution in [0.5, 0.6) is 0 Å². The molecule has 8 heteroatoms. The quantitative estimate of drug-likeness (QED) is 0.676. The van der Waals surface area contributed by atoms with Crippen molar-refractivity contribution in [2.75, 3.05) is 10.5 Å². The van der Waals surface area contributed by atoms with Crippen LogP contribution in [0.25, 0.3) is 0 Å². The Morgan fingerprint density at radius 2 is 1.70 bits per heavy atom. The summed E-state index contributed by atoms with van der Waals surface area (Å²) in [6.45, 7) is 0. The van der Waals surface area contributed by atoms with Gasteiger partial charge in [-0.25, -0.2) is 21.6 Å². The molecule has 20 heavy (non-hydrogen) atoms. The lowest BCUT2D eigenvalue weighted by atomic mass is 10.3. The Kier molecular flexibility index (Phi) is 3.58. The summed E-state index contributed by atoms with van der Waals surface area (Å²) in [5.41, 5.74) is 4.60. The first-order valence-electron chi connectivity index (χ1n) is 5.33. The third kappa shape index (κ3) is 2.69. The van der Waals surface area contributed by atoms with E-state index in [2.05, 4.69) is 0 Å². The Bertz CT molecular complexity index is 763. The SMILES string of the molecule is Nc1ccccc1S(=O)(=O)Nc1cc(F)cc(F)c1F. The van der Waals surface area contributed by atoms with Crippen molar-refractivity contribution in [1.82, 2.24) is 0 Å². The predicted molar refractivity (Wildman–Crippen MR) is 68.0 cm³/mol. The monoisotopic (exact) mass is 302 g/mol. The van der Waals surface area contributed by atoms with Gasteiger partial charge in [-0.05, 0) is 12.1 Å². The van der Waals surface area contributed by atoms with Gasteiger partial charge in [-0.3, -0.25) is 4.72 Å². The number of halogens is 3. The zero-order valence-corrected chi connectivity index (χ0v) is 10.7. The maximum absolute atomic E-state index is 13.4. The van der Waals surface area contributed by atoms with Gasteiger partial charge >= 0.3 is 0 Å². The van der Waals surface area contributed by atoms with E-state index in [4.69, 9.17) is 5.73 Å². The zero-order valence-electron chi connectivity index (χ0n) is 9.90. The summed E-state index contributed by atoms with van der Waals surface area (Å²) in [6.07, 6.45) is 0. The van der Waals surface area contributed by atoms with E-state index in [0.717, 1.165) is 0 Å². The molecule has 0 aliphatic heterocycles. The fourth-order valence-corrected chi connectivity index (χ4v) is 2.74. The third-order valence-electron chi connectivity index (χ3n) is 2.45. The Balaban J connectivity index is 2.47. The number of sulfonamides is 1. The van der Waals surface area contributed by atoms with Gasteiger partial charge in [0.2, 0.25) is 0 Å². The highest BCUT2D eigenvalue weighted by Gasteiger charge is 2.20. The topological polar surface area (TPSA) is 72.2 Å². The van der Waals surface area contributed by atoms with Crippen LogP contribution in [-0.4, -0.2) is 8.42 Å². The number of hydrogen-bond acceptors (Lipinski definition) is 3. The summed E-state index contributed by atoms with van der Waals surface area (Å²) in [6, 6.07) is 6.28. The smallest absolute Gasteiger partial charge is 0.264 e. The number of para-hydroxylation sites is 1. The molecule has 2 rings (SSSR count). The van der Waals surface area contributed by atoms with Crippen molar-refractivity contribution >= 4 is 21.4 Å². The molecule has 0 radical (unpaired) electrons. The summed E-state index contributed by atoms with van der Waals surface area (Å²) in [5.74, 6) is -4.10. The van der Waals surface area contributed by atoms with Gasteiger partial charge in [0.15, 0.2) is 11.6 Å². The molecule has 0 saturated carbocycles. The van der Waals surface area contributed by atoms with Crippen molar-refractivity contribution in [3.05, 3.63) is 53.8 Å². The van der Waals surface area contributed by atoms with E-state index < -0.39 is 33.2 Å². The van der Waals surface area contributed by atoms with Crippen LogP contribution in [0.1, 0.15) is 0 Å². The molecule has 0 unspecified atom stereocenters. The molecule has 0 spiro atoms. The molecule has 0 aliphatic carbocycles. The standard InChI is InChI=1S/C12H9F3N2O2S/c13-7-5-8(14)12(15)10(6-7)17-20(18,19)11-4-2-1-3-9(11)16/h1-6,17H,16H2. The average molecular weight is 302 g/mol. The average Bonchev–Trinajstić information content (AvgIpc) is 2.35. The highest BCUT2D eigenvalue weighted by Crippen LogP contribution is 2.24. The van der Waals surface area contributed by atoms with Crippen LogP contribution in [0, 0.1) is 17.5 Å². The molecule has 0 heterocycles. The lowest BCUT2D eigenvalue weighted by Crippen LogP contribution is -2.16. The molecule has 4 nitrogen and oxygen atoms in total. The molecule has 0 saturated heterocycles. The van der Waals surface area contributed by atoms with Crippen LogP contribution in [0.15, 0.2) is 41.3 Å². The van der Waals surface area contributed by atoms with Crippen molar-refractivity contribution in [3.63, 3.8) is 0 Å². The van der Waals surface area contributed by atoms with Gasteiger partial charge in [0.1, 0.15) is 10.7 Å². The highest BCUT2D eigenvalue weighted by molar-refractivity contribution is 7.92. The molecule has 2 aromatic rings. The Morgan fingerprint density at radius 3 is 2.35 bits per heavy atom. The van der Waals surface area contributed by atoms with E-state index in [9.17, 15) is 21.6 Å². The molecule has 0 bridgehead atoms. The van der Waals surface area contributed by atoms with Gasteiger partial charge in [0.05, 0.1) is 11.4 Å². The Morgan fingerprint density at radius 1 is 1.05 bits per heavy atom. The largest absolute Gasteiger partial charge is 0.398 e. The van der Waals surface area contributed by atoms with E-state index in [1.807, 2.05) is 0 Å². The van der Waals surface area contributed by atoms with Gasteiger partial charge in [-0.2, -0.15) is 0 Å². The van der Waals surface area contributed by atoms with E-state index in [0.29, 0.717) is 12.1 Å². The van der Waals surface area contributed by atoms with Gasteiger partial charge in [0, 0.05) is 12.1 Å². The minimum absolute atomic E-state index is 0.0720. The zero-order chi connectivity index (χ0) is 14.9. The third-order valence-corrected chi connectivity index (χ3v) is 3.89. The fourth-order valence-electron chi connectivity index (χ4n) is 1.56. The molecular weight excluding hydrogens is 293 g/mol. The molecule has 0 amide bonds. The highest BCUT2D eigenvalue weighted by atomic mass is 32.2. The first kappa shape index (κ1) is 14.2. The van der Waals surface area contributed by atoms with E-state index >= 15 is 0 Å². The molecule has 2 aromatic carbocycles. The van der Waals surface area contributed by atoms with Crippen LogP contribution in [0.3, 0.4) is 0 Å². The van der Waals surface area contributed by atoms with Gasteiger partial charge < -0.3 is 5.73 Å². The Labute approximate surface area is 113 Å². The number of benzene rings is 2. The summed E-state index contributed by atoms with van der Waals surface area (Å²) in [5, 5.41) is 0. The normalized spacial score (nSPS) is 11.3. The maximum Gasteiger partial charge on any atom is 0.264 e. The van der Waals surface area contributed by atoms with Crippen molar-refractivity contribution in [1.29, 1.82) is 0 Å². The number of hydrogen-bond donors (Lipinski definition) is 2.